The third-order valence-corrected chi connectivity index (χ3v) is 8.58. The number of benzene rings is 2. The van der Waals surface area contributed by atoms with Crippen molar-refractivity contribution in [3.05, 3.63) is 58.7 Å². The van der Waals surface area contributed by atoms with Gasteiger partial charge in [-0.05, 0) is 103 Å². The summed E-state index contributed by atoms with van der Waals surface area (Å²) in [5.41, 5.74) is 5.03. The van der Waals surface area contributed by atoms with Crippen molar-refractivity contribution in [2.24, 2.45) is 23.7 Å². The third kappa shape index (κ3) is 2.98. The molecule has 0 heterocycles. The van der Waals surface area contributed by atoms with Crippen LogP contribution in [0.4, 0.5) is 0 Å². The predicted molar refractivity (Wildman–Crippen MR) is 122 cm³/mol. The molecule has 4 aliphatic carbocycles. The molecular formula is C28H36O2. The molecule has 160 valence electrons. The lowest BCUT2D eigenvalue weighted by Crippen LogP contribution is -2.56. The van der Waals surface area contributed by atoms with Crippen molar-refractivity contribution < 1.29 is 10.2 Å². The smallest absolute Gasteiger partial charge is 0.118 e. The fourth-order valence-electron chi connectivity index (χ4n) is 7.66. The largest absolute Gasteiger partial charge is 0.508 e. The molecule has 4 bridgehead atoms. The van der Waals surface area contributed by atoms with E-state index in [9.17, 15) is 10.2 Å². The molecule has 6 rings (SSSR count). The lowest BCUT2D eigenvalue weighted by atomic mass is 9.42. The highest BCUT2D eigenvalue weighted by Gasteiger charge is 2.58. The highest BCUT2D eigenvalue weighted by Crippen LogP contribution is 2.65. The molecule has 2 nitrogen and oxygen atoms in total. The Kier molecular flexibility index (Phi) is 5.08. The first-order valence-corrected chi connectivity index (χ1v) is 12.2. The minimum Gasteiger partial charge on any atom is -0.508 e. The molecule has 0 aromatic heterocycles. The van der Waals surface area contributed by atoms with E-state index in [-0.39, 0.29) is 5.41 Å². The number of phenols is 2. The van der Waals surface area contributed by atoms with E-state index in [1.54, 1.807) is 0 Å². The molecule has 30 heavy (non-hydrogen) atoms. The molecule has 2 heteroatoms. The number of aryl methyl sites for hydroxylation is 2. The molecule has 2 N–H and O–H groups in total. The maximum Gasteiger partial charge on any atom is 0.118 e. The van der Waals surface area contributed by atoms with Crippen LogP contribution in [0, 0.1) is 23.7 Å². The van der Waals surface area contributed by atoms with Gasteiger partial charge < -0.3 is 10.2 Å². The minimum absolute atomic E-state index is 0.0276. The second kappa shape index (κ2) is 7.62. The Morgan fingerprint density at radius 1 is 0.700 bits per heavy atom. The monoisotopic (exact) mass is 404 g/mol. The molecule has 0 amide bonds. The highest BCUT2D eigenvalue weighted by atomic mass is 16.3. The van der Waals surface area contributed by atoms with Gasteiger partial charge in [-0.2, -0.15) is 0 Å². The van der Waals surface area contributed by atoms with Crippen LogP contribution in [0.25, 0.3) is 0 Å². The van der Waals surface area contributed by atoms with Crippen LogP contribution in [0.2, 0.25) is 0 Å². The van der Waals surface area contributed by atoms with Crippen LogP contribution in [0.3, 0.4) is 0 Å². The normalized spacial score (nSPS) is 28.7. The van der Waals surface area contributed by atoms with Gasteiger partial charge in [0, 0.05) is 5.41 Å². The quantitative estimate of drug-likeness (QED) is 0.559. The Bertz CT molecular complexity index is 843. The number of phenolic OH excluding ortho intramolecular Hbond substituents is 2. The topological polar surface area (TPSA) is 40.5 Å². The summed E-state index contributed by atoms with van der Waals surface area (Å²) in [7, 11) is 0. The second-order valence-corrected chi connectivity index (χ2v) is 10.4. The van der Waals surface area contributed by atoms with E-state index < -0.39 is 0 Å². The molecule has 2 aromatic carbocycles. The van der Waals surface area contributed by atoms with E-state index in [1.165, 1.54) is 43.2 Å². The van der Waals surface area contributed by atoms with Gasteiger partial charge in [0.1, 0.15) is 11.5 Å². The summed E-state index contributed by atoms with van der Waals surface area (Å²) in [6, 6.07) is 13.0. The summed E-state index contributed by atoms with van der Waals surface area (Å²) in [5, 5.41) is 21.0. The molecule has 0 radical (unpaired) electrons. The van der Waals surface area contributed by atoms with Crippen LogP contribution in [0.1, 0.15) is 81.0 Å². The van der Waals surface area contributed by atoms with Crippen molar-refractivity contribution in [2.45, 2.75) is 77.0 Å². The van der Waals surface area contributed by atoms with Crippen molar-refractivity contribution in [3.8, 4) is 11.5 Å². The SMILES string of the molecule is CCCc1cc(C2(c3ccc(O)c(CCC)c3)C3CC4CC(C3)CC2C4)ccc1O. The van der Waals surface area contributed by atoms with Gasteiger partial charge in [0.25, 0.3) is 0 Å². The van der Waals surface area contributed by atoms with Gasteiger partial charge in [-0.1, -0.05) is 51.0 Å². The van der Waals surface area contributed by atoms with Crippen LogP contribution in [0.15, 0.2) is 36.4 Å². The van der Waals surface area contributed by atoms with Gasteiger partial charge in [-0.15, -0.1) is 0 Å². The molecule has 4 aliphatic rings. The van der Waals surface area contributed by atoms with E-state index in [2.05, 4.69) is 38.1 Å². The van der Waals surface area contributed by atoms with Crippen LogP contribution < -0.4 is 0 Å². The van der Waals surface area contributed by atoms with Gasteiger partial charge in [-0.3, -0.25) is 0 Å². The number of hydrogen-bond donors (Lipinski definition) is 2. The zero-order valence-electron chi connectivity index (χ0n) is 18.5. The van der Waals surface area contributed by atoms with Crippen molar-refractivity contribution in [1.82, 2.24) is 0 Å². The second-order valence-electron chi connectivity index (χ2n) is 10.4. The predicted octanol–water partition coefficient (Wildman–Crippen LogP) is 6.75. The minimum atomic E-state index is 0.0276. The maximum absolute atomic E-state index is 10.5. The summed E-state index contributed by atoms with van der Waals surface area (Å²) in [4.78, 5) is 0. The summed E-state index contributed by atoms with van der Waals surface area (Å²) in [6.07, 6.45) is 10.7. The summed E-state index contributed by atoms with van der Waals surface area (Å²) in [6.45, 7) is 4.36. The number of rotatable bonds is 6. The maximum atomic E-state index is 10.5. The zero-order chi connectivity index (χ0) is 20.9. The van der Waals surface area contributed by atoms with Crippen LogP contribution in [-0.4, -0.2) is 10.2 Å². The van der Waals surface area contributed by atoms with E-state index in [0.29, 0.717) is 23.3 Å². The fraction of sp³-hybridized carbons (Fsp3) is 0.571. The fourth-order valence-corrected chi connectivity index (χ4v) is 7.66. The molecule has 2 aromatic rings. The molecule has 4 fully saturated rings. The Morgan fingerprint density at radius 3 is 1.53 bits per heavy atom. The van der Waals surface area contributed by atoms with Gasteiger partial charge >= 0.3 is 0 Å². The standard InChI is InChI=1S/C28H36O2/c1-3-5-20-16-22(7-9-26(20)29)28(23-8-10-27(30)21(17-23)6-4-2)24-12-18-11-19(14-24)15-25(28)13-18/h7-10,16-19,24-25,29-30H,3-6,11-15H2,1-2H3. The van der Waals surface area contributed by atoms with Crippen LogP contribution in [-0.2, 0) is 18.3 Å². The van der Waals surface area contributed by atoms with Crippen molar-refractivity contribution in [2.75, 3.05) is 0 Å². The first-order chi connectivity index (χ1) is 14.6. The number of aromatic hydroxyl groups is 2. The molecule has 0 spiro atoms. The van der Waals surface area contributed by atoms with E-state index >= 15 is 0 Å². The van der Waals surface area contributed by atoms with Crippen molar-refractivity contribution >= 4 is 0 Å². The first kappa shape index (κ1) is 20.0. The Labute approximate surface area is 181 Å². The van der Waals surface area contributed by atoms with Gasteiger partial charge in [0.05, 0.1) is 0 Å². The average Bonchev–Trinajstić information content (AvgIpc) is 2.72. The highest BCUT2D eigenvalue weighted by molar-refractivity contribution is 5.50. The molecule has 0 unspecified atom stereocenters. The molecule has 0 atom stereocenters. The van der Waals surface area contributed by atoms with E-state index in [0.717, 1.165) is 48.6 Å². The van der Waals surface area contributed by atoms with Crippen molar-refractivity contribution in [3.63, 3.8) is 0 Å². The van der Waals surface area contributed by atoms with E-state index in [1.807, 2.05) is 12.1 Å². The molecule has 0 aliphatic heterocycles. The lowest BCUT2D eigenvalue weighted by molar-refractivity contribution is -0.0419. The summed E-state index contributed by atoms with van der Waals surface area (Å²) < 4.78 is 0. The van der Waals surface area contributed by atoms with Crippen LogP contribution in [0.5, 0.6) is 11.5 Å². The third-order valence-electron chi connectivity index (χ3n) is 8.58. The van der Waals surface area contributed by atoms with Crippen LogP contribution >= 0.6 is 0 Å². The van der Waals surface area contributed by atoms with E-state index in [4.69, 9.17) is 0 Å². The average molecular weight is 405 g/mol. The lowest BCUT2D eigenvalue weighted by Gasteiger charge is -2.62. The Hall–Kier alpha value is -1.96. The molecule has 4 saturated carbocycles. The van der Waals surface area contributed by atoms with Gasteiger partial charge in [0.15, 0.2) is 0 Å². The summed E-state index contributed by atoms with van der Waals surface area (Å²) in [5.74, 6) is 4.03. The van der Waals surface area contributed by atoms with Gasteiger partial charge in [0.2, 0.25) is 0 Å². The molecular weight excluding hydrogens is 368 g/mol. The summed E-state index contributed by atoms with van der Waals surface area (Å²) >= 11 is 0. The van der Waals surface area contributed by atoms with Gasteiger partial charge in [-0.25, -0.2) is 0 Å². The Balaban J connectivity index is 1.70. The van der Waals surface area contributed by atoms with Crippen molar-refractivity contribution in [1.29, 1.82) is 0 Å². The number of hydrogen-bond acceptors (Lipinski definition) is 2. The first-order valence-electron chi connectivity index (χ1n) is 12.2. The zero-order valence-corrected chi connectivity index (χ0v) is 18.5. The molecule has 0 saturated heterocycles. The Morgan fingerprint density at radius 2 is 1.13 bits per heavy atom.